The highest BCUT2D eigenvalue weighted by Gasteiger charge is 2.12. The smallest absolute Gasteiger partial charge is 0.254 e. The van der Waals surface area contributed by atoms with Crippen LogP contribution in [0.25, 0.3) is 0 Å². The first-order valence-corrected chi connectivity index (χ1v) is 4.92. The number of hydrogen-bond acceptors (Lipinski definition) is 3. The summed E-state index contributed by atoms with van der Waals surface area (Å²) in [5.74, 6) is -0.238. The zero-order valence-electron chi connectivity index (χ0n) is 8.66. The van der Waals surface area contributed by atoms with Crippen LogP contribution < -0.4 is 5.32 Å². The lowest BCUT2D eigenvalue weighted by molar-refractivity contribution is 0.0905. The summed E-state index contributed by atoms with van der Waals surface area (Å²) in [5.41, 5.74) is 0.377. The lowest BCUT2D eigenvalue weighted by Crippen LogP contribution is -2.35. The molecule has 0 aliphatic rings. The number of hydrogen-bond donors (Lipinski definition) is 1. The van der Waals surface area contributed by atoms with Crippen molar-refractivity contribution in [2.24, 2.45) is 0 Å². The number of nitrogens with zero attached hydrogens (tertiary/aromatic N) is 1. The molecule has 0 aliphatic carbocycles. The molecule has 0 aromatic carbocycles. The van der Waals surface area contributed by atoms with Crippen molar-refractivity contribution in [2.45, 2.75) is 13.0 Å². The van der Waals surface area contributed by atoms with Crippen molar-refractivity contribution < 1.29 is 9.53 Å². The molecule has 1 heterocycles. The third kappa shape index (κ3) is 3.49. The van der Waals surface area contributed by atoms with Gasteiger partial charge in [-0.1, -0.05) is 11.6 Å². The van der Waals surface area contributed by atoms with Crippen molar-refractivity contribution >= 4 is 17.5 Å². The third-order valence-corrected chi connectivity index (χ3v) is 2.14. The number of carbonyl (C=O) groups excluding carboxylic acids is 1. The summed E-state index contributed by atoms with van der Waals surface area (Å²) in [7, 11) is 1.58. The Kier molecular flexibility index (Phi) is 4.52. The number of pyridine rings is 1. The molecule has 0 saturated heterocycles. The topological polar surface area (TPSA) is 51.2 Å². The number of halogens is 1. The van der Waals surface area contributed by atoms with Crippen LogP contribution in [0, 0.1) is 0 Å². The molecule has 1 rings (SSSR count). The first-order chi connectivity index (χ1) is 7.15. The summed E-state index contributed by atoms with van der Waals surface area (Å²) in [5, 5.41) is 3.15. The molecule has 1 atom stereocenters. The van der Waals surface area contributed by atoms with E-state index in [2.05, 4.69) is 10.3 Å². The number of rotatable bonds is 4. The van der Waals surface area contributed by atoms with Crippen LogP contribution in [0.3, 0.4) is 0 Å². The van der Waals surface area contributed by atoms with Crippen LogP contribution in [0.2, 0.25) is 5.02 Å². The highest BCUT2D eigenvalue weighted by molar-refractivity contribution is 6.33. The molecule has 1 aromatic heterocycles. The van der Waals surface area contributed by atoms with Crippen LogP contribution in [0.5, 0.6) is 0 Å². The zero-order chi connectivity index (χ0) is 11.3. The maximum Gasteiger partial charge on any atom is 0.254 e. The van der Waals surface area contributed by atoms with E-state index in [1.54, 1.807) is 13.2 Å². The van der Waals surface area contributed by atoms with Gasteiger partial charge in [0.2, 0.25) is 0 Å². The van der Waals surface area contributed by atoms with E-state index in [-0.39, 0.29) is 11.9 Å². The second-order valence-corrected chi connectivity index (χ2v) is 3.59. The monoisotopic (exact) mass is 228 g/mol. The fourth-order valence-corrected chi connectivity index (χ4v) is 1.33. The summed E-state index contributed by atoms with van der Waals surface area (Å²) >= 11 is 5.85. The largest absolute Gasteiger partial charge is 0.383 e. The lowest BCUT2D eigenvalue weighted by Gasteiger charge is -2.12. The molecule has 0 spiro atoms. The molecule has 1 N–H and O–H groups in total. The Morgan fingerprint density at radius 3 is 3.07 bits per heavy atom. The van der Waals surface area contributed by atoms with Crippen molar-refractivity contribution in [1.82, 2.24) is 10.3 Å². The molecular weight excluding hydrogens is 216 g/mol. The van der Waals surface area contributed by atoms with Gasteiger partial charge in [0, 0.05) is 25.5 Å². The highest BCUT2D eigenvalue weighted by Crippen LogP contribution is 2.13. The van der Waals surface area contributed by atoms with Gasteiger partial charge < -0.3 is 10.1 Å². The molecule has 1 unspecified atom stereocenters. The SMILES string of the molecule is COCC(C)NC(=O)c1cnccc1Cl. The molecule has 5 heteroatoms. The number of aromatic nitrogens is 1. The summed E-state index contributed by atoms with van der Waals surface area (Å²) in [6.45, 7) is 2.31. The number of carbonyl (C=O) groups is 1. The van der Waals surface area contributed by atoms with E-state index in [1.165, 1.54) is 12.4 Å². The lowest BCUT2D eigenvalue weighted by atomic mass is 10.2. The van der Waals surface area contributed by atoms with Crippen LogP contribution in [-0.2, 0) is 4.74 Å². The van der Waals surface area contributed by atoms with Gasteiger partial charge in [-0.15, -0.1) is 0 Å². The molecule has 15 heavy (non-hydrogen) atoms. The first kappa shape index (κ1) is 11.9. The number of amides is 1. The van der Waals surface area contributed by atoms with E-state index in [4.69, 9.17) is 16.3 Å². The van der Waals surface area contributed by atoms with Gasteiger partial charge in [0.05, 0.1) is 17.2 Å². The van der Waals surface area contributed by atoms with Crippen molar-refractivity contribution in [2.75, 3.05) is 13.7 Å². The molecule has 4 nitrogen and oxygen atoms in total. The number of methoxy groups -OCH3 is 1. The van der Waals surface area contributed by atoms with Gasteiger partial charge in [-0.25, -0.2) is 0 Å². The second kappa shape index (κ2) is 5.68. The average Bonchev–Trinajstić information content (AvgIpc) is 2.18. The van der Waals surface area contributed by atoms with Crippen LogP contribution in [0.15, 0.2) is 18.5 Å². The van der Waals surface area contributed by atoms with Gasteiger partial charge >= 0.3 is 0 Å². The van der Waals surface area contributed by atoms with Gasteiger partial charge in [-0.3, -0.25) is 9.78 Å². The second-order valence-electron chi connectivity index (χ2n) is 3.19. The van der Waals surface area contributed by atoms with Gasteiger partial charge in [0.1, 0.15) is 0 Å². The van der Waals surface area contributed by atoms with Crippen LogP contribution in [0.1, 0.15) is 17.3 Å². The Labute approximate surface area is 93.6 Å². The summed E-state index contributed by atoms with van der Waals surface area (Å²) in [6, 6.07) is 1.52. The molecular formula is C10H13ClN2O2. The van der Waals surface area contributed by atoms with Gasteiger partial charge in [0.25, 0.3) is 5.91 Å². The average molecular weight is 229 g/mol. The van der Waals surface area contributed by atoms with E-state index in [0.717, 1.165) is 0 Å². The Balaban J connectivity index is 2.65. The zero-order valence-corrected chi connectivity index (χ0v) is 9.41. The Bertz CT molecular complexity index is 344. The first-order valence-electron chi connectivity index (χ1n) is 4.54. The summed E-state index contributed by atoms with van der Waals surface area (Å²) in [6.07, 6.45) is 2.98. The van der Waals surface area contributed by atoms with Crippen molar-refractivity contribution in [1.29, 1.82) is 0 Å². The number of ether oxygens (including phenoxy) is 1. The van der Waals surface area contributed by atoms with Gasteiger partial charge in [0.15, 0.2) is 0 Å². The molecule has 1 aromatic rings. The third-order valence-electron chi connectivity index (χ3n) is 1.81. The van der Waals surface area contributed by atoms with E-state index >= 15 is 0 Å². The van der Waals surface area contributed by atoms with Crippen molar-refractivity contribution in [3.8, 4) is 0 Å². The predicted molar refractivity (Wildman–Crippen MR) is 58.1 cm³/mol. The summed E-state index contributed by atoms with van der Waals surface area (Å²) < 4.78 is 4.91. The minimum Gasteiger partial charge on any atom is -0.383 e. The Morgan fingerprint density at radius 1 is 1.73 bits per heavy atom. The fraction of sp³-hybridized carbons (Fsp3) is 0.400. The fourth-order valence-electron chi connectivity index (χ4n) is 1.14. The molecule has 82 valence electrons. The maximum atomic E-state index is 11.7. The van der Waals surface area contributed by atoms with Crippen LogP contribution in [-0.4, -0.2) is 30.6 Å². The van der Waals surface area contributed by atoms with Crippen LogP contribution in [0.4, 0.5) is 0 Å². The van der Waals surface area contributed by atoms with E-state index in [1.807, 2.05) is 6.92 Å². The van der Waals surface area contributed by atoms with E-state index < -0.39 is 0 Å². The van der Waals surface area contributed by atoms with Crippen molar-refractivity contribution in [3.63, 3.8) is 0 Å². The van der Waals surface area contributed by atoms with Gasteiger partial charge in [-0.05, 0) is 13.0 Å². The van der Waals surface area contributed by atoms with Crippen LogP contribution >= 0.6 is 11.6 Å². The highest BCUT2D eigenvalue weighted by atomic mass is 35.5. The number of nitrogens with one attached hydrogen (secondary N) is 1. The molecule has 0 aliphatic heterocycles. The maximum absolute atomic E-state index is 11.7. The van der Waals surface area contributed by atoms with Gasteiger partial charge in [-0.2, -0.15) is 0 Å². The quantitative estimate of drug-likeness (QED) is 0.850. The Morgan fingerprint density at radius 2 is 2.47 bits per heavy atom. The van der Waals surface area contributed by atoms with E-state index in [9.17, 15) is 4.79 Å². The van der Waals surface area contributed by atoms with E-state index in [0.29, 0.717) is 17.2 Å². The molecule has 0 saturated carbocycles. The molecule has 1 amide bonds. The molecule has 0 bridgehead atoms. The minimum atomic E-state index is -0.238. The minimum absolute atomic E-state index is 0.0567. The Hall–Kier alpha value is -1.13. The van der Waals surface area contributed by atoms with Crippen molar-refractivity contribution in [3.05, 3.63) is 29.0 Å². The molecule has 0 fully saturated rings. The normalized spacial score (nSPS) is 12.2. The standard InChI is InChI=1S/C10H13ClN2O2/c1-7(6-15-2)13-10(14)8-5-12-4-3-9(8)11/h3-5,7H,6H2,1-2H3,(H,13,14). The molecule has 0 radical (unpaired) electrons. The summed E-state index contributed by atoms with van der Waals surface area (Å²) in [4.78, 5) is 15.5. The predicted octanol–water partition coefficient (Wildman–Crippen LogP) is 1.50.